The Morgan fingerprint density at radius 3 is 2.38 bits per heavy atom. The molecule has 1 aromatic rings. The van der Waals surface area contributed by atoms with Crippen LogP contribution in [-0.4, -0.2) is 23.1 Å². The molecule has 21 heavy (non-hydrogen) atoms. The van der Waals surface area contributed by atoms with Crippen molar-refractivity contribution in [3.8, 4) is 5.75 Å². The van der Waals surface area contributed by atoms with Crippen LogP contribution in [0.1, 0.15) is 33.1 Å². The fraction of sp³-hybridized carbons (Fsp3) is 0.500. The molecule has 1 fully saturated rings. The maximum absolute atomic E-state index is 12.0. The molecule has 1 amide bonds. The van der Waals surface area contributed by atoms with Crippen molar-refractivity contribution < 1.29 is 19.4 Å². The third-order valence-corrected chi connectivity index (χ3v) is 3.96. The molecule has 2 N–H and O–H groups in total. The van der Waals surface area contributed by atoms with E-state index in [1.165, 1.54) is 0 Å². The fourth-order valence-electron chi connectivity index (χ4n) is 2.28. The molecule has 5 heteroatoms. The van der Waals surface area contributed by atoms with Gasteiger partial charge in [-0.25, -0.2) is 0 Å². The van der Waals surface area contributed by atoms with Gasteiger partial charge in [-0.3, -0.25) is 9.59 Å². The zero-order chi connectivity index (χ0) is 15.4. The van der Waals surface area contributed by atoms with Crippen LogP contribution in [0, 0.1) is 11.8 Å². The largest absolute Gasteiger partial charge is 0.491 e. The van der Waals surface area contributed by atoms with Crippen molar-refractivity contribution in [2.75, 3.05) is 5.32 Å². The van der Waals surface area contributed by atoms with E-state index in [1.807, 2.05) is 6.92 Å². The van der Waals surface area contributed by atoms with Crippen molar-refractivity contribution in [3.05, 3.63) is 24.3 Å². The molecule has 1 aliphatic rings. The van der Waals surface area contributed by atoms with Crippen LogP contribution in [0.3, 0.4) is 0 Å². The van der Waals surface area contributed by atoms with Gasteiger partial charge in [-0.2, -0.15) is 0 Å². The van der Waals surface area contributed by atoms with Gasteiger partial charge in [-0.1, -0.05) is 6.92 Å². The molecule has 0 saturated heterocycles. The second kappa shape index (κ2) is 6.61. The molecule has 3 unspecified atom stereocenters. The van der Waals surface area contributed by atoms with Crippen LogP contribution in [0.5, 0.6) is 5.75 Å². The molecular formula is C16H21NO4. The molecule has 0 heterocycles. The number of carbonyl (C=O) groups excluding carboxylic acids is 1. The lowest BCUT2D eigenvalue weighted by Crippen LogP contribution is -2.41. The van der Waals surface area contributed by atoms with E-state index in [-0.39, 0.29) is 12.0 Å². The third kappa shape index (κ3) is 3.74. The predicted octanol–water partition coefficient (Wildman–Crippen LogP) is 2.91. The lowest BCUT2D eigenvalue weighted by molar-refractivity contribution is -0.151. The molecule has 0 aromatic heterocycles. The molecule has 0 bridgehead atoms. The van der Waals surface area contributed by atoms with E-state index >= 15 is 0 Å². The first kappa shape index (κ1) is 15.4. The first-order chi connectivity index (χ1) is 10.0. The summed E-state index contributed by atoms with van der Waals surface area (Å²) in [7, 11) is 0. The predicted molar refractivity (Wildman–Crippen MR) is 79.3 cm³/mol. The van der Waals surface area contributed by atoms with Crippen LogP contribution in [0.15, 0.2) is 24.3 Å². The number of carboxylic acids is 1. The summed E-state index contributed by atoms with van der Waals surface area (Å²) in [5.74, 6) is -1.31. The summed E-state index contributed by atoms with van der Waals surface area (Å²) < 4.78 is 5.66. The Morgan fingerprint density at radius 1 is 1.29 bits per heavy atom. The lowest BCUT2D eigenvalue weighted by Gasteiger charge is -2.31. The Hall–Kier alpha value is -2.04. The van der Waals surface area contributed by atoms with Gasteiger partial charge in [-0.05, 0) is 50.5 Å². The number of hydrogen-bond acceptors (Lipinski definition) is 3. The molecular weight excluding hydrogens is 270 g/mol. The molecule has 1 aromatic carbocycles. The monoisotopic (exact) mass is 291 g/mol. The number of anilines is 1. The maximum Gasteiger partial charge on any atom is 0.307 e. The number of benzene rings is 1. The highest BCUT2D eigenvalue weighted by Crippen LogP contribution is 2.35. The van der Waals surface area contributed by atoms with Gasteiger partial charge in [0.25, 0.3) is 0 Å². The standard InChI is InChI=1S/C16H21NO4/c1-3-10(2)21-12-6-4-11(5-7-12)17-15(18)13-8-9-14(13)16(19)20/h4-7,10,13-14H,3,8-9H2,1-2H3,(H,17,18)(H,19,20). The van der Waals surface area contributed by atoms with Crippen molar-refractivity contribution in [2.24, 2.45) is 11.8 Å². The van der Waals surface area contributed by atoms with Crippen LogP contribution in [0.2, 0.25) is 0 Å². The molecule has 0 spiro atoms. The number of carbonyl (C=O) groups is 2. The summed E-state index contributed by atoms with van der Waals surface area (Å²) in [6.07, 6.45) is 2.29. The van der Waals surface area contributed by atoms with Crippen LogP contribution in [-0.2, 0) is 9.59 Å². The number of amides is 1. The molecule has 5 nitrogen and oxygen atoms in total. The van der Waals surface area contributed by atoms with Crippen molar-refractivity contribution in [2.45, 2.75) is 39.2 Å². The summed E-state index contributed by atoms with van der Waals surface area (Å²) >= 11 is 0. The van der Waals surface area contributed by atoms with Crippen LogP contribution < -0.4 is 10.1 Å². The van der Waals surface area contributed by atoms with Gasteiger partial charge < -0.3 is 15.2 Å². The average molecular weight is 291 g/mol. The second-order valence-corrected chi connectivity index (χ2v) is 5.48. The van der Waals surface area contributed by atoms with Crippen LogP contribution in [0.4, 0.5) is 5.69 Å². The molecule has 2 rings (SSSR count). The Balaban J connectivity index is 1.91. The highest BCUT2D eigenvalue weighted by molar-refractivity contribution is 5.96. The number of carboxylic acid groups (broad SMARTS) is 1. The van der Waals surface area contributed by atoms with E-state index in [0.717, 1.165) is 12.2 Å². The summed E-state index contributed by atoms with van der Waals surface area (Å²) in [6, 6.07) is 7.14. The fourth-order valence-corrected chi connectivity index (χ4v) is 2.28. The number of hydrogen-bond donors (Lipinski definition) is 2. The summed E-state index contributed by atoms with van der Waals surface area (Å²) in [6.45, 7) is 4.05. The van der Waals surface area contributed by atoms with Gasteiger partial charge in [0.2, 0.25) is 5.91 Å². The highest BCUT2D eigenvalue weighted by Gasteiger charge is 2.41. The first-order valence-corrected chi connectivity index (χ1v) is 7.31. The Morgan fingerprint density at radius 2 is 1.90 bits per heavy atom. The third-order valence-electron chi connectivity index (χ3n) is 3.96. The number of aliphatic carboxylic acids is 1. The van der Waals surface area contributed by atoms with E-state index in [2.05, 4.69) is 12.2 Å². The zero-order valence-corrected chi connectivity index (χ0v) is 12.3. The molecule has 1 saturated carbocycles. The van der Waals surface area contributed by atoms with Crippen LogP contribution >= 0.6 is 0 Å². The van der Waals surface area contributed by atoms with Crippen molar-refractivity contribution in [1.29, 1.82) is 0 Å². The zero-order valence-electron chi connectivity index (χ0n) is 12.3. The van der Waals surface area contributed by atoms with Gasteiger partial charge in [0.1, 0.15) is 5.75 Å². The Kier molecular flexibility index (Phi) is 4.83. The molecule has 114 valence electrons. The second-order valence-electron chi connectivity index (χ2n) is 5.48. The van der Waals surface area contributed by atoms with Crippen molar-refractivity contribution in [1.82, 2.24) is 0 Å². The molecule has 0 radical (unpaired) electrons. The maximum atomic E-state index is 12.0. The van der Waals surface area contributed by atoms with Crippen LogP contribution in [0.25, 0.3) is 0 Å². The molecule has 1 aliphatic carbocycles. The highest BCUT2D eigenvalue weighted by atomic mass is 16.5. The average Bonchev–Trinajstić information content (AvgIpc) is 2.38. The Labute approximate surface area is 124 Å². The molecule has 3 atom stereocenters. The summed E-state index contributed by atoms with van der Waals surface area (Å²) in [5.41, 5.74) is 0.660. The SMILES string of the molecule is CCC(C)Oc1ccc(NC(=O)C2CCC2C(=O)O)cc1. The van der Waals surface area contributed by atoms with Gasteiger partial charge in [0.05, 0.1) is 17.9 Å². The minimum absolute atomic E-state index is 0.150. The topological polar surface area (TPSA) is 75.6 Å². The Bertz CT molecular complexity index is 512. The van der Waals surface area contributed by atoms with Crippen molar-refractivity contribution >= 4 is 17.6 Å². The minimum Gasteiger partial charge on any atom is -0.491 e. The lowest BCUT2D eigenvalue weighted by atomic mass is 9.73. The van der Waals surface area contributed by atoms with Crippen molar-refractivity contribution in [3.63, 3.8) is 0 Å². The van der Waals surface area contributed by atoms with E-state index < -0.39 is 17.8 Å². The van der Waals surface area contributed by atoms with E-state index in [4.69, 9.17) is 9.84 Å². The number of rotatable bonds is 6. The minimum atomic E-state index is -0.890. The first-order valence-electron chi connectivity index (χ1n) is 7.31. The van der Waals surface area contributed by atoms with Gasteiger partial charge in [-0.15, -0.1) is 0 Å². The quantitative estimate of drug-likeness (QED) is 0.845. The summed E-state index contributed by atoms with van der Waals surface area (Å²) in [4.78, 5) is 22.9. The van der Waals surface area contributed by atoms with E-state index in [0.29, 0.717) is 18.5 Å². The van der Waals surface area contributed by atoms with Gasteiger partial charge in [0.15, 0.2) is 0 Å². The molecule has 0 aliphatic heterocycles. The number of ether oxygens (including phenoxy) is 1. The van der Waals surface area contributed by atoms with Gasteiger partial charge >= 0.3 is 5.97 Å². The van der Waals surface area contributed by atoms with E-state index in [1.54, 1.807) is 24.3 Å². The normalized spacial score (nSPS) is 22.0. The smallest absolute Gasteiger partial charge is 0.307 e. The van der Waals surface area contributed by atoms with Gasteiger partial charge in [0, 0.05) is 5.69 Å². The number of nitrogens with one attached hydrogen (secondary N) is 1. The van der Waals surface area contributed by atoms with E-state index in [9.17, 15) is 9.59 Å². The summed E-state index contributed by atoms with van der Waals surface area (Å²) in [5, 5.41) is 11.7.